The Labute approximate surface area is 203 Å². The molecular weight excluding hydrogens is 492 g/mol. The summed E-state index contributed by atoms with van der Waals surface area (Å²) in [5, 5.41) is 8.36. The first-order valence-corrected chi connectivity index (χ1v) is 10.9. The fourth-order valence-corrected chi connectivity index (χ4v) is 3.73. The minimum Gasteiger partial charge on any atom is -0.484 e. The van der Waals surface area contributed by atoms with Crippen LogP contribution in [0.25, 0.3) is 0 Å². The molecule has 170 valence electrons. The Kier molecular flexibility index (Phi) is 6.93. The maximum Gasteiger partial charge on any atom is 0.292 e. The van der Waals surface area contributed by atoms with E-state index in [2.05, 4.69) is 10.4 Å². The smallest absolute Gasteiger partial charge is 0.292 e. The summed E-state index contributed by atoms with van der Waals surface area (Å²) in [5.41, 5.74) is 1.68. The van der Waals surface area contributed by atoms with E-state index in [9.17, 15) is 9.18 Å². The number of aryl methyl sites for hydroxylation is 1. The van der Waals surface area contributed by atoms with Crippen LogP contribution >= 0.6 is 34.8 Å². The van der Waals surface area contributed by atoms with Crippen molar-refractivity contribution in [2.75, 3.05) is 5.32 Å². The van der Waals surface area contributed by atoms with Gasteiger partial charge in [-0.15, -0.1) is 0 Å². The molecule has 6 nitrogen and oxygen atoms in total. The maximum absolute atomic E-state index is 13.1. The Balaban J connectivity index is 1.38. The minimum atomic E-state index is -0.463. The molecule has 1 N–H and O–H groups in total. The van der Waals surface area contributed by atoms with Crippen LogP contribution in [-0.4, -0.2) is 15.7 Å². The number of furan rings is 1. The number of hydrogen-bond acceptors (Lipinski definition) is 4. The predicted octanol–water partition coefficient (Wildman–Crippen LogP) is 6.76. The first kappa shape index (κ1) is 23.2. The first-order valence-electron chi connectivity index (χ1n) is 9.75. The van der Waals surface area contributed by atoms with Crippen molar-refractivity contribution in [3.8, 4) is 5.75 Å². The lowest BCUT2D eigenvalue weighted by molar-refractivity contribution is 0.0992. The molecule has 0 saturated heterocycles. The summed E-state index contributed by atoms with van der Waals surface area (Å²) in [7, 11) is 0. The summed E-state index contributed by atoms with van der Waals surface area (Å²) >= 11 is 18.1. The minimum absolute atomic E-state index is 0.0220. The van der Waals surface area contributed by atoms with Gasteiger partial charge in [0.05, 0.1) is 11.6 Å². The molecule has 0 spiro atoms. The number of carbonyl (C=O) groups excluding carboxylic acids is 1. The number of nitrogens with one attached hydrogen (secondary N) is 1. The second-order valence-corrected chi connectivity index (χ2v) is 8.40. The molecule has 0 atom stereocenters. The third kappa shape index (κ3) is 5.68. The Morgan fingerprint density at radius 2 is 1.91 bits per heavy atom. The Morgan fingerprint density at radius 1 is 1.09 bits per heavy atom. The molecule has 0 saturated carbocycles. The molecule has 0 aliphatic carbocycles. The highest BCUT2D eigenvalue weighted by molar-refractivity contribution is 6.35. The van der Waals surface area contributed by atoms with E-state index in [-0.39, 0.29) is 17.4 Å². The highest BCUT2D eigenvalue weighted by atomic mass is 35.5. The SMILES string of the molecule is Cc1cc(NC(=O)c2ccc(COc3ccc(F)cc3Cl)o2)nn1Cc1ccc(Cl)cc1Cl. The lowest BCUT2D eigenvalue weighted by atomic mass is 10.2. The average Bonchev–Trinajstić information content (AvgIpc) is 3.36. The van der Waals surface area contributed by atoms with Gasteiger partial charge in [0.1, 0.15) is 23.9 Å². The summed E-state index contributed by atoms with van der Waals surface area (Å²) in [5.74, 6) is 0.247. The topological polar surface area (TPSA) is 69.3 Å². The number of hydrogen-bond donors (Lipinski definition) is 1. The quantitative estimate of drug-likeness (QED) is 0.299. The van der Waals surface area contributed by atoms with Crippen molar-refractivity contribution in [2.45, 2.75) is 20.1 Å². The van der Waals surface area contributed by atoms with Gasteiger partial charge in [0.25, 0.3) is 5.91 Å². The van der Waals surface area contributed by atoms with Crippen LogP contribution in [0, 0.1) is 12.7 Å². The van der Waals surface area contributed by atoms with Crippen LogP contribution in [0.4, 0.5) is 10.2 Å². The van der Waals surface area contributed by atoms with Crippen molar-refractivity contribution >= 4 is 46.5 Å². The van der Waals surface area contributed by atoms with Gasteiger partial charge >= 0.3 is 0 Å². The Morgan fingerprint density at radius 3 is 2.67 bits per heavy atom. The summed E-state index contributed by atoms with van der Waals surface area (Å²) in [4.78, 5) is 12.6. The van der Waals surface area contributed by atoms with Crippen molar-refractivity contribution in [2.24, 2.45) is 0 Å². The van der Waals surface area contributed by atoms with Gasteiger partial charge in [-0.05, 0) is 55.0 Å². The summed E-state index contributed by atoms with van der Waals surface area (Å²) in [6.07, 6.45) is 0. The molecule has 0 aliphatic heterocycles. The molecule has 2 aromatic heterocycles. The maximum atomic E-state index is 13.1. The number of halogens is 4. The van der Waals surface area contributed by atoms with Gasteiger partial charge in [0.2, 0.25) is 0 Å². The van der Waals surface area contributed by atoms with Crippen molar-refractivity contribution in [1.29, 1.82) is 0 Å². The fraction of sp³-hybridized carbons (Fsp3) is 0.130. The molecule has 10 heteroatoms. The van der Waals surface area contributed by atoms with E-state index in [0.29, 0.717) is 33.9 Å². The Hall–Kier alpha value is -3.00. The molecular formula is C23H17Cl3FN3O3. The number of rotatable bonds is 7. The van der Waals surface area contributed by atoms with Gasteiger partial charge in [0.15, 0.2) is 11.6 Å². The lowest BCUT2D eigenvalue weighted by Crippen LogP contribution is -2.12. The number of amides is 1. The molecule has 0 aliphatic rings. The molecule has 2 aromatic carbocycles. The predicted molar refractivity (Wildman–Crippen MR) is 125 cm³/mol. The molecule has 0 radical (unpaired) electrons. The summed E-state index contributed by atoms with van der Waals surface area (Å²) in [6, 6.07) is 13.9. The molecule has 0 unspecified atom stereocenters. The lowest BCUT2D eigenvalue weighted by Gasteiger charge is -2.07. The van der Waals surface area contributed by atoms with Gasteiger partial charge in [-0.3, -0.25) is 9.48 Å². The van der Waals surface area contributed by atoms with E-state index in [1.807, 2.05) is 13.0 Å². The second kappa shape index (κ2) is 9.87. The van der Waals surface area contributed by atoms with Crippen molar-refractivity contribution in [1.82, 2.24) is 9.78 Å². The second-order valence-electron chi connectivity index (χ2n) is 7.15. The monoisotopic (exact) mass is 507 g/mol. The van der Waals surface area contributed by atoms with Gasteiger partial charge in [0, 0.05) is 21.8 Å². The highest BCUT2D eigenvalue weighted by Crippen LogP contribution is 2.26. The van der Waals surface area contributed by atoms with Crippen LogP contribution in [0.5, 0.6) is 5.75 Å². The van der Waals surface area contributed by atoms with Gasteiger partial charge in [-0.25, -0.2) is 4.39 Å². The molecule has 4 aromatic rings. The van der Waals surface area contributed by atoms with Crippen molar-refractivity contribution in [3.63, 3.8) is 0 Å². The molecule has 0 bridgehead atoms. The van der Waals surface area contributed by atoms with Gasteiger partial charge < -0.3 is 14.5 Å². The van der Waals surface area contributed by atoms with Crippen LogP contribution in [0.15, 0.2) is 59.0 Å². The third-order valence-corrected chi connectivity index (χ3v) is 5.59. The largest absolute Gasteiger partial charge is 0.484 e. The van der Waals surface area contributed by atoms with Gasteiger partial charge in [-0.2, -0.15) is 5.10 Å². The zero-order valence-electron chi connectivity index (χ0n) is 17.2. The number of nitrogens with zero attached hydrogens (tertiary/aromatic N) is 2. The van der Waals surface area contributed by atoms with Crippen LogP contribution in [0.3, 0.4) is 0 Å². The van der Waals surface area contributed by atoms with Crippen molar-refractivity contribution in [3.05, 3.63) is 98.3 Å². The van der Waals surface area contributed by atoms with E-state index in [0.717, 1.165) is 17.3 Å². The number of ether oxygens (including phenoxy) is 1. The zero-order valence-corrected chi connectivity index (χ0v) is 19.5. The third-order valence-electron chi connectivity index (χ3n) is 4.71. The normalized spacial score (nSPS) is 10.9. The van der Waals surface area contributed by atoms with E-state index < -0.39 is 11.7 Å². The van der Waals surface area contributed by atoms with Gasteiger partial charge in [-0.1, -0.05) is 40.9 Å². The average molecular weight is 509 g/mol. The molecule has 1 amide bonds. The number of benzene rings is 2. The Bertz CT molecular complexity index is 1320. The number of carbonyl (C=O) groups is 1. The van der Waals surface area contributed by atoms with E-state index in [1.54, 1.807) is 28.9 Å². The molecule has 4 rings (SSSR count). The summed E-state index contributed by atoms with van der Waals surface area (Å²) < 4.78 is 25.9. The van der Waals surface area contributed by atoms with Crippen LogP contribution in [0.2, 0.25) is 15.1 Å². The fourth-order valence-electron chi connectivity index (χ4n) is 3.04. The summed E-state index contributed by atoms with van der Waals surface area (Å²) in [6.45, 7) is 2.31. The first-order chi connectivity index (χ1) is 15.8. The zero-order chi connectivity index (χ0) is 23.5. The van der Waals surface area contributed by atoms with Crippen LogP contribution in [0.1, 0.15) is 27.6 Å². The molecule has 33 heavy (non-hydrogen) atoms. The van der Waals surface area contributed by atoms with E-state index in [4.69, 9.17) is 44.0 Å². The molecule has 2 heterocycles. The van der Waals surface area contributed by atoms with E-state index in [1.165, 1.54) is 18.2 Å². The highest BCUT2D eigenvalue weighted by Gasteiger charge is 2.15. The van der Waals surface area contributed by atoms with Crippen LogP contribution < -0.4 is 10.1 Å². The number of anilines is 1. The molecule has 0 fully saturated rings. The van der Waals surface area contributed by atoms with E-state index >= 15 is 0 Å². The standard InChI is InChI=1S/C23H17Cl3FN3O3/c1-13-8-22(29-30(13)11-14-2-3-15(24)9-18(14)25)28-23(31)21-7-5-17(33-21)12-32-20-6-4-16(27)10-19(20)26/h2-10H,11-12H2,1H3,(H,28,29,31). The number of aromatic nitrogens is 2. The van der Waals surface area contributed by atoms with Crippen LogP contribution in [-0.2, 0) is 13.2 Å². The van der Waals surface area contributed by atoms with Crippen molar-refractivity contribution < 1.29 is 18.3 Å².